The summed E-state index contributed by atoms with van der Waals surface area (Å²) in [6, 6.07) is 23.3. The fraction of sp³-hybridized carbons (Fsp3) is 0.174. The highest BCUT2D eigenvalue weighted by Crippen LogP contribution is 2.26. The van der Waals surface area contributed by atoms with Crippen molar-refractivity contribution in [3.05, 3.63) is 78.7 Å². The van der Waals surface area contributed by atoms with Crippen molar-refractivity contribution in [1.29, 1.82) is 0 Å². The third-order valence-electron chi connectivity index (χ3n) is 4.60. The van der Waals surface area contributed by atoms with E-state index in [-0.39, 0.29) is 12.5 Å². The van der Waals surface area contributed by atoms with Crippen molar-refractivity contribution in [1.82, 2.24) is 15.5 Å². The molecule has 3 aromatic carbocycles. The SMILES string of the molecule is CCC(Oc1cccc2ccccc12)C(=O)NCc1nc(-c2ccccc2)no1. The molecule has 29 heavy (non-hydrogen) atoms. The molecule has 1 atom stereocenters. The number of carbonyl (C=O) groups is 1. The van der Waals surface area contributed by atoms with Gasteiger partial charge in [0.05, 0.1) is 6.54 Å². The molecule has 0 aliphatic heterocycles. The van der Waals surface area contributed by atoms with Crippen LogP contribution in [0.15, 0.2) is 77.3 Å². The number of nitrogens with zero attached hydrogens (tertiary/aromatic N) is 2. The van der Waals surface area contributed by atoms with Gasteiger partial charge >= 0.3 is 0 Å². The van der Waals surface area contributed by atoms with E-state index < -0.39 is 6.10 Å². The number of benzene rings is 3. The van der Waals surface area contributed by atoms with Gasteiger partial charge < -0.3 is 14.6 Å². The number of nitrogens with one attached hydrogen (secondary N) is 1. The summed E-state index contributed by atoms with van der Waals surface area (Å²) in [6.45, 7) is 2.06. The molecule has 0 saturated carbocycles. The molecule has 0 bridgehead atoms. The Bertz CT molecular complexity index is 1100. The van der Waals surface area contributed by atoms with Crippen molar-refractivity contribution in [2.45, 2.75) is 26.0 Å². The molecule has 0 aliphatic rings. The first-order valence-electron chi connectivity index (χ1n) is 9.54. The maximum Gasteiger partial charge on any atom is 0.261 e. The average molecular weight is 387 g/mol. The van der Waals surface area contributed by atoms with Crippen LogP contribution in [-0.4, -0.2) is 22.2 Å². The minimum absolute atomic E-state index is 0.147. The molecule has 0 radical (unpaired) electrons. The van der Waals surface area contributed by atoms with Crippen molar-refractivity contribution in [2.75, 3.05) is 0 Å². The van der Waals surface area contributed by atoms with E-state index >= 15 is 0 Å². The number of rotatable bonds is 7. The second-order valence-electron chi connectivity index (χ2n) is 6.59. The third kappa shape index (κ3) is 4.27. The zero-order valence-electron chi connectivity index (χ0n) is 16.0. The molecule has 0 aliphatic carbocycles. The Kier molecular flexibility index (Phi) is 5.52. The highest BCUT2D eigenvalue weighted by Gasteiger charge is 2.20. The first-order valence-corrected chi connectivity index (χ1v) is 9.54. The summed E-state index contributed by atoms with van der Waals surface area (Å²) in [4.78, 5) is 17.0. The Balaban J connectivity index is 1.41. The highest BCUT2D eigenvalue weighted by atomic mass is 16.5. The summed E-state index contributed by atoms with van der Waals surface area (Å²) in [5.41, 5.74) is 0.861. The van der Waals surface area contributed by atoms with E-state index in [2.05, 4.69) is 15.5 Å². The summed E-state index contributed by atoms with van der Waals surface area (Å²) >= 11 is 0. The Morgan fingerprint density at radius 2 is 1.79 bits per heavy atom. The Hall–Kier alpha value is -3.67. The van der Waals surface area contributed by atoms with Gasteiger partial charge in [0, 0.05) is 10.9 Å². The largest absolute Gasteiger partial charge is 0.480 e. The topological polar surface area (TPSA) is 77.2 Å². The Morgan fingerprint density at radius 3 is 2.62 bits per heavy atom. The molecule has 1 N–H and O–H groups in total. The number of carbonyl (C=O) groups excluding carboxylic acids is 1. The van der Waals surface area contributed by atoms with E-state index in [0.29, 0.717) is 23.9 Å². The van der Waals surface area contributed by atoms with Crippen molar-refractivity contribution < 1.29 is 14.1 Å². The third-order valence-corrected chi connectivity index (χ3v) is 4.60. The Labute approximate surface area is 168 Å². The smallest absolute Gasteiger partial charge is 0.261 e. The molecule has 0 fully saturated rings. The molecule has 146 valence electrons. The zero-order valence-corrected chi connectivity index (χ0v) is 16.0. The van der Waals surface area contributed by atoms with Crippen LogP contribution in [0.1, 0.15) is 19.2 Å². The second kappa shape index (κ2) is 8.56. The molecule has 1 unspecified atom stereocenters. The summed E-state index contributed by atoms with van der Waals surface area (Å²) < 4.78 is 11.3. The van der Waals surface area contributed by atoms with Crippen LogP contribution in [-0.2, 0) is 11.3 Å². The van der Waals surface area contributed by atoms with Crippen molar-refractivity contribution in [3.8, 4) is 17.1 Å². The minimum atomic E-state index is -0.614. The van der Waals surface area contributed by atoms with E-state index in [4.69, 9.17) is 9.26 Å². The molecule has 6 nitrogen and oxygen atoms in total. The molecule has 4 rings (SSSR count). The van der Waals surface area contributed by atoms with E-state index in [1.54, 1.807) is 0 Å². The highest BCUT2D eigenvalue weighted by molar-refractivity contribution is 5.89. The van der Waals surface area contributed by atoms with Crippen LogP contribution in [0, 0.1) is 0 Å². The van der Waals surface area contributed by atoms with Gasteiger partial charge in [-0.3, -0.25) is 4.79 Å². The maximum absolute atomic E-state index is 12.6. The van der Waals surface area contributed by atoms with Crippen LogP contribution >= 0.6 is 0 Å². The fourth-order valence-electron chi connectivity index (χ4n) is 3.08. The summed E-state index contributed by atoms with van der Waals surface area (Å²) in [6.07, 6.45) is -0.0777. The van der Waals surface area contributed by atoms with Crippen molar-refractivity contribution in [3.63, 3.8) is 0 Å². The van der Waals surface area contributed by atoms with Crippen LogP contribution in [0.25, 0.3) is 22.2 Å². The number of hydrogen-bond donors (Lipinski definition) is 1. The van der Waals surface area contributed by atoms with Gasteiger partial charge in [0.25, 0.3) is 5.91 Å². The van der Waals surface area contributed by atoms with E-state index in [0.717, 1.165) is 16.3 Å². The van der Waals surface area contributed by atoms with Crippen molar-refractivity contribution in [2.24, 2.45) is 0 Å². The number of amides is 1. The lowest BCUT2D eigenvalue weighted by Gasteiger charge is -2.18. The zero-order chi connectivity index (χ0) is 20.1. The number of ether oxygens (including phenoxy) is 1. The maximum atomic E-state index is 12.6. The molecule has 0 saturated heterocycles. The second-order valence-corrected chi connectivity index (χ2v) is 6.59. The molecule has 4 aromatic rings. The lowest BCUT2D eigenvalue weighted by atomic mass is 10.1. The van der Waals surface area contributed by atoms with Crippen LogP contribution < -0.4 is 10.1 Å². The predicted molar refractivity (Wildman–Crippen MR) is 110 cm³/mol. The summed E-state index contributed by atoms with van der Waals surface area (Å²) in [5, 5.41) is 8.83. The molecule has 1 aromatic heterocycles. The quantitative estimate of drug-likeness (QED) is 0.510. The van der Waals surface area contributed by atoms with Crippen LogP contribution in [0.4, 0.5) is 0 Å². The van der Waals surface area contributed by atoms with Gasteiger partial charge in [-0.05, 0) is 17.9 Å². The van der Waals surface area contributed by atoms with Gasteiger partial charge in [-0.1, -0.05) is 78.8 Å². The summed E-state index contributed by atoms with van der Waals surface area (Å²) in [7, 11) is 0. The van der Waals surface area contributed by atoms with Crippen LogP contribution in [0.5, 0.6) is 5.75 Å². The molecular formula is C23H21N3O3. The van der Waals surface area contributed by atoms with Gasteiger partial charge in [-0.2, -0.15) is 4.98 Å². The predicted octanol–water partition coefficient (Wildman–Crippen LogP) is 4.36. The lowest BCUT2D eigenvalue weighted by Crippen LogP contribution is -2.37. The fourth-order valence-corrected chi connectivity index (χ4v) is 3.08. The molecule has 1 heterocycles. The monoisotopic (exact) mass is 387 g/mol. The van der Waals surface area contributed by atoms with Gasteiger partial charge in [0.1, 0.15) is 5.75 Å². The first-order chi connectivity index (χ1) is 14.2. The van der Waals surface area contributed by atoms with Gasteiger partial charge in [0.2, 0.25) is 11.7 Å². The lowest BCUT2D eigenvalue weighted by molar-refractivity contribution is -0.128. The van der Waals surface area contributed by atoms with Crippen LogP contribution in [0.3, 0.4) is 0 Å². The molecular weight excluding hydrogens is 366 g/mol. The first kappa shape index (κ1) is 18.7. The Morgan fingerprint density at radius 1 is 1.03 bits per heavy atom. The number of fused-ring (bicyclic) bond motifs is 1. The average Bonchev–Trinajstić information content (AvgIpc) is 3.25. The summed E-state index contributed by atoms with van der Waals surface area (Å²) in [5.74, 6) is 1.31. The van der Waals surface area contributed by atoms with Gasteiger partial charge in [-0.25, -0.2) is 0 Å². The van der Waals surface area contributed by atoms with E-state index in [1.807, 2.05) is 79.7 Å². The van der Waals surface area contributed by atoms with Crippen LogP contribution in [0.2, 0.25) is 0 Å². The normalized spacial score (nSPS) is 11.9. The standard InChI is InChI=1S/C23H21N3O3/c1-2-19(28-20-14-8-12-16-9-6-7-13-18(16)20)23(27)24-15-21-25-22(26-29-21)17-10-4-3-5-11-17/h3-14,19H,2,15H2,1H3,(H,24,27). The van der Waals surface area contributed by atoms with E-state index in [9.17, 15) is 4.79 Å². The minimum Gasteiger partial charge on any atom is -0.480 e. The number of aromatic nitrogens is 2. The number of hydrogen-bond acceptors (Lipinski definition) is 5. The van der Waals surface area contributed by atoms with Gasteiger partial charge in [-0.15, -0.1) is 0 Å². The molecule has 0 spiro atoms. The molecule has 1 amide bonds. The molecule has 6 heteroatoms. The van der Waals surface area contributed by atoms with Crippen molar-refractivity contribution >= 4 is 16.7 Å². The van der Waals surface area contributed by atoms with Gasteiger partial charge in [0.15, 0.2) is 6.10 Å². The van der Waals surface area contributed by atoms with E-state index in [1.165, 1.54) is 0 Å².